The molecular formula is C22H27Br2N5Ni. The second-order valence-corrected chi connectivity index (χ2v) is 11.8. The van der Waals surface area contributed by atoms with Crippen LogP contribution >= 0.6 is 28.5 Å². The molecule has 0 N–H and O–H groups in total. The van der Waals surface area contributed by atoms with E-state index in [4.69, 9.17) is 9.97 Å². The molecule has 4 rings (SSSR count). The first kappa shape index (κ1) is 23.3. The molecular weight excluding hydrogens is 553 g/mol. The molecule has 2 aromatic heterocycles. The number of aryl methyl sites for hydroxylation is 2. The van der Waals surface area contributed by atoms with E-state index >= 15 is 0 Å². The Bertz CT molecular complexity index is 1010. The van der Waals surface area contributed by atoms with Gasteiger partial charge in [-0.25, -0.2) is 9.97 Å². The quantitative estimate of drug-likeness (QED) is 0.220. The molecule has 0 saturated carbocycles. The van der Waals surface area contributed by atoms with Gasteiger partial charge in [-0.3, -0.25) is 4.90 Å². The van der Waals surface area contributed by atoms with Crippen molar-refractivity contribution >= 4 is 62.4 Å². The van der Waals surface area contributed by atoms with Crippen molar-refractivity contribution in [1.29, 1.82) is 0 Å². The summed E-state index contributed by atoms with van der Waals surface area (Å²) in [5, 5.41) is 0. The number of aromatic nitrogens is 4. The van der Waals surface area contributed by atoms with E-state index in [1.807, 2.05) is 0 Å². The molecule has 0 amide bonds. The normalized spacial score (nSPS) is 11.1. The predicted molar refractivity (Wildman–Crippen MR) is 131 cm³/mol. The Morgan fingerprint density at radius 3 is 1.63 bits per heavy atom. The topological polar surface area (TPSA) is 38.9 Å². The number of hydrogen-bond acceptors (Lipinski definition) is 3. The maximum absolute atomic E-state index is 4.99. The van der Waals surface area contributed by atoms with Crippen LogP contribution in [0, 0.1) is 0 Å². The van der Waals surface area contributed by atoms with E-state index in [1.165, 1.54) is 21.9 Å². The van der Waals surface area contributed by atoms with Crippen molar-refractivity contribution in [3.8, 4) is 0 Å². The van der Waals surface area contributed by atoms with Gasteiger partial charge >= 0.3 is 39.3 Å². The van der Waals surface area contributed by atoms with Crippen molar-refractivity contribution in [1.82, 2.24) is 19.1 Å². The first-order valence-electron chi connectivity index (χ1n) is 10.2. The zero-order valence-electron chi connectivity index (χ0n) is 17.5. The molecule has 0 aliphatic rings. The molecule has 4 aromatic rings. The number of halogens is 2. The molecule has 2 aromatic carbocycles. The standard InChI is InChI=1S/C22H27N5.2BrH.Ni/c1-4-7-16-27(21-23-17-12-8-10-14-19(17)25(21)5-2)22-24-18-13-9-11-15-20(18)26(22)6-3;;;/h8-15H,4-7,16H2,1-3H3;2*1H;/q;;;+2/p-2. The summed E-state index contributed by atoms with van der Waals surface area (Å²) in [6.07, 6.45) is 2.23. The molecule has 0 unspecified atom stereocenters. The summed E-state index contributed by atoms with van der Waals surface area (Å²) in [6, 6.07) is 16.7. The van der Waals surface area contributed by atoms with Gasteiger partial charge in [-0.05, 0) is 44.5 Å². The Morgan fingerprint density at radius 2 is 1.23 bits per heavy atom. The van der Waals surface area contributed by atoms with Crippen LogP contribution in [0.15, 0.2) is 48.5 Å². The van der Waals surface area contributed by atoms with Gasteiger partial charge < -0.3 is 9.13 Å². The third kappa shape index (κ3) is 4.76. The summed E-state index contributed by atoms with van der Waals surface area (Å²) >= 11 is 6.00. The molecule has 5 nitrogen and oxygen atoms in total. The summed E-state index contributed by atoms with van der Waals surface area (Å²) in [6.45, 7) is 9.25. The number of imidazole rings is 2. The molecule has 0 aliphatic heterocycles. The average Bonchev–Trinajstić information content (AvgIpc) is 3.32. The number of nitrogens with zero attached hydrogens (tertiary/aromatic N) is 5. The number of benzene rings is 2. The number of anilines is 2. The van der Waals surface area contributed by atoms with Crippen LogP contribution < -0.4 is 4.90 Å². The van der Waals surface area contributed by atoms with Gasteiger partial charge in [0.25, 0.3) is 0 Å². The summed E-state index contributed by atoms with van der Waals surface area (Å²) in [4.78, 5) is 12.3. The van der Waals surface area contributed by atoms with Crippen LogP contribution in [0.5, 0.6) is 0 Å². The molecule has 0 bridgehead atoms. The summed E-state index contributed by atoms with van der Waals surface area (Å²) in [5.74, 6) is 1.97. The number of fused-ring (bicyclic) bond motifs is 2. The number of rotatable bonds is 7. The SMILES string of the molecule is CCCCN(c1nc2ccccc2n1CC)c1nc2ccccc2n1CC.[Br][Ni][Br]. The van der Waals surface area contributed by atoms with E-state index in [1.54, 1.807) is 0 Å². The van der Waals surface area contributed by atoms with Crippen LogP contribution in [-0.4, -0.2) is 25.6 Å². The van der Waals surface area contributed by atoms with Crippen molar-refractivity contribution in [2.24, 2.45) is 0 Å². The minimum absolute atomic E-state index is 0.880. The Kier molecular flexibility index (Phi) is 8.78. The zero-order valence-corrected chi connectivity index (χ0v) is 21.6. The number of para-hydroxylation sites is 4. The van der Waals surface area contributed by atoms with Crippen molar-refractivity contribution in [2.75, 3.05) is 11.4 Å². The van der Waals surface area contributed by atoms with E-state index in [0.29, 0.717) is 0 Å². The first-order chi connectivity index (χ1) is 14.7. The predicted octanol–water partition coefficient (Wildman–Crippen LogP) is 7.05. The van der Waals surface area contributed by atoms with Crippen LogP contribution in [0.25, 0.3) is 22.1 Å². The van der Waals surface area contributed by atoms with Crippen LogP contribution in [0.3, 0.4) is 0 Å². The van der Waals surface area contributed by atoms with Gasteiger partial charge in [0.05, 0.1) is 22.1 Å². The monoisotopic (exact) mass is 577 g/mol. The van der Waals surface area contributed by atoms with E-state index in [9.17, 15) is 0 Å². The van der Waals surface area contributed by atoms with Crippen LogP contribution in [0.2, 0.25) is 0 Å². The molecule has 8 heteroatoms. The van der Waals surface area contributed by atoms with E-state index < -0.39 is 0 Å². The Hall–Kier alpha value is -1.37. The molecule has 0 aliphatic carbocycles. The molecule has 0 radical (unpaired) electrons. The van der Waals surface area contributed by atoms with E-state index in [-0.39, 0.29) is 0 Å². The maximum atomic E-state index is 4.99. The van der Waals surface area contributed by atoms with Gasteiger partial charge in [-0.1, -0.05) is 37.6 Å². The fourth-order valence-electron chi connectivity index (χ4n) is 3.77. The Balaban J connectivity index is 0.000000806. The van der Waals surface area contributed by atoms with E-state index in [0.717, 1.165) is 55.4 Å². The summed E-state index contributed by atoms with van der Waals surface area (Å²) < 4.78 is 4.59. The van der Waals surface area contributed by atoms with E-state index in [2.05, 4.69) is 112 Å². The molecule has 0 atom stereocenters. The van der Waals surface area contributed by atoms with Crippen molar-refractivity contribution in [2.45, 2.75) is 46.7 Å². The summed E-state index contributed by atoms with van der Waals surface area (Å²) in [5.41, 5.74) is 4.43. The van der Waals surface area contributed by atoms with Gasteiger partial charge in [-0.15, -0.1) is 0 Å². The number of hydrogen-bond donors (Lipinski definition) is 0. The molecule has 0 saturated heterocycles. The Morgan fingerprint density at radius 1 is 0.800 bits per heavy atom. The molecule has 0 fully saturated rings. The second kappa shape index (κ2) is 11.3. The summed E-state index contributed by atoms with van der Waals surface area (Å²) in [7, 11) is 1.25. The van der Waals surface area contributed by atoms with Crippen molar-refractivity contribution in [3.63, 3.8) is 0 Å². The van der Waals surface area contributed by atoms with Gasteiger partial charge in [0.2, 0.25) is 11.9 Å². The van der Waals surface area contributed by atoms with Gasteiger partial charge in [0.15, 0.2) is 0 Å². The third-order valence-electron chi connectivity index (χ3n) is 5.12. The van der Waals surface area contributed by atoms with Gasteiger partial charge in [0, 0.05) is 19.6 Å². The fraction of sp³-hybridized carbons (Fsp3) is 0.364. The molecule has 30 heavy (non-hydrogen) atoms. The van der Waals surface area contributed by atoms with Gasteiger partial charge in [0.1, 0.15) is 0 Å². The van der Waals surface area contributed by atoms with Gasteiger partial charge in [-0.2, -0.15) is 0 Å². The molecule has 2 heterocycles. The van der Waals surface area contributed by atoms with Crippen LogP contribution in [0.1, 0.15) is 33.6 Å². The molecule has 164 valence electrons. The Labute approximate surface area is 198 Å². The second-order valence-electron chi connectivity index (χ2n) is 6.84. The van der Waals surface area contributed by atoms with Crippen LogP contribution in [0.4, 0.5) is 11.9 Å². The van der Waals surface area contributed by atoms with Crippen LogP contribution in [-0.2, 0) is 24.0 Å². The third-order valence-corrected chi connectivity index (χ3v) is 5.12. The van der Waals surface area contributed by atoms with Crippen molar-refractivity contribution in [3.05, 3.63) is 48.5 Å². The first-order valence-corrected chi connectivity index (χ1v) is 15.1. The van der Waals surface area contributed by atoms with Crippen molar-refractivity contribution < 1.29 is 10.9 Å². The zero-order chi connectivity index (χ0) is 21.5. The minimum atomic E-state index is 0.880. The molecule has 0 spiro atoms. The average molecular weight is 580 g/mol. The number of unbranched alkanes of at least 4 members (excludes halogenated alkanes) is 1. The fourth-order valence-corrected chi connectivity index (χ4v) is 3.77.